The second-order valence-electron chi connectivity index (χ2n) is 4.87. The largest absolute Gasteiger partial charge is 0.319 e. The fourth-order valence-electron chi connectivity index (χ4n) is 2.57. The van der Waals surface area contributed by atoms with Gasteiger partial charge in [-0.1, -0.05) is 20.8 Å². The molecule has 1 aliphatic rings. The second-order valence-corrected chi connectivity index (χ2v) is 4.87. The molecule has 0 amide bonds. The maximum Gasteiger partial charge on any atom is -0.00208 e. The van der Waals surface area contributed by atoms with Crippen LogP contribution in [-0.4, -0.2) is 13.6 Å². The predicted molar refractivity (Wildman–Crippen MR) is 49.6 cm³/mol. The van der Waals surface area contributed by atoms with Gasteiger partial charge in [-0.2, -0.15) is 0 Å². The van der Waals surface area contributed by atoms with Gasteiger partial charge in [0.15, 0.2) is 0 Å². The lowest BCUT2D eigenvalue weighted by Gasteiger charge is -2.16. The summed E-state index contributed by atoms with van der Waals surface area (Å²) < 4.78 is 0. The van der Waals surface area contributed by atoms with Crippen LogP contribution in [0, 0.1) is 17.3 Å². The molecule has 0 heterocycles. The van der Waals surface area contributed by atoms with Crippen molar-refractivity contribution in [3.63, 3.8) is 0 Å². The van der Waals surface area contributed by atoms with Crippen molar-refractivity contribution >= 4 is 0 Å². The Hall–Kier alpha value is -0.0400. The van der Waals surface area contributed by atoms with Gasteiger partial charge in [-0.3, -0.25) is 0 Å². The van der Waals surface area contributed by atoms with E-state index in [4.69, 9.17) is 0 Å². The van der Waals surface area contributed by atoms with Crippen molar-refractivity contribution in [3.05, 3.63) is 0 Å². The molecule has 0 aliphatic heterocycles. The molecule has 0 saturated heterocycles. The van der Waals surface area contributed by atoms with Crippen molar-refractivity contribution in [1.82, 2.24) is 5.32 Å². The minimum absolute atomic E-state index is 0.598. The molecule has 1 saturated carbocycles. The fraction of sp³-hybridized carbons (Fsp3) is 1.00. The molecule has 1 rings (SSSR count). The van der Waals surface area contributed by atoms with Crippen molar-refractivity contribution in [2.45, 2.75) is 33.6 Å². The minimum Gasteiger partial charge on any atom is -0.319 e. The summed E-state index contributed by atoms with van der Waals surface area (Å²) in [4.78, 5) is 0. The van der Waals surface area contributed by atoms with E-state index in [0.29, 0.717) is 5.41 Å². The van der Waals surface area contributed by atoms with E-state index >= 15 is 0 Å². The molecule has 2 unspecified atom stereocenters. The summed E-state index contributed by atoms with van der Waals surface area (Å²) in [5.41, 5.74) is 0.598. The standard InChI is InChI=1S/C10H21N/c1-8-5-10(2,3)6-9(8)7-11-4/h8-9,11H,5-7H2,1-4H3. The predicted octanol–water partition coefficient (Wildman–Crippen LogP) is 2.28. The van der Waals surface area contributed by atoms with Gasteiger partial charge in [0.05, 0.1) is 0 Å². The molecule has 1 aliphatic carbocycles. The zero-order valence-electron chi connectivity index (χ0n) is 8.28. The van der Waals surface area contributed by atoms with E-state index in [-0.39, 0.29) is 0 Å². The Morgan fingerprint density at radius 3 is 2.36 bits per heavy atom. The highest BCUT2D eigenvalue weighted by Gasteiger charge is 2.35. The molecule has 0 aromatic heterocycles. The maximum atomic E-state index is 3.28. The molecule has 1 N–H and O–H groups in total. The van der Waals surface area contributed by atoms with Gasteiger partial charge in [0.2, 0.25) is 0 Å². The Morgan fingerprint density at radius 1 is 1.36 bits per heavy atom. The molecule has 66 valence electrons. The first-order chi connectivity index (χ1) is 5.05. The Balaban J connectivity index is 2.45. The smallest absolute Gasteiger partial charge is 0.00208 e. The quantitative estimate of drug-likeness (QED) is 0.645. The van der Waals surface area contributed by atoms with Gasteiger partial charge in [-0.15, -0.1) is 0 Å². The first-order valence-corrected chi connectivity index (χ1v) is 4.70. The van der Waals surface area contributed by atoms with Crippen LogP contribution in [-0.2, 0) is 0 Å². The van der Waals surface area contributed by atoms with E-state index in [2.05, 4.69) is 33.1 Å². The van der Waals surface area contributed by atoms with E-state index in [1.165, 1.54) is 19.4 Å². The molecular weight excluding hydrogens is 134 g/mol. The van der Waals surface area contributed by atoms with Gasteiger partial charge in [-0.05, 0) is 43.7 Å². The van der Waals surface area contributed by atoms with Gasteiger partial charge in [0.1, 0.15) is 0 Å². The Kier molecular flexibility index (Phi) is 2.58. The summed E-state index contributed by atoms with van der Waals surface area (Å²) in [5, 5.41) is 3.28. The van der Waals surface area contributed by atoms with Gasteiger partial charge in [-0.25, -0.2) is 0 Å². The third kappa shape index (κ3) is 2.19. The number of hydrogen-bond acceptors (Lipinski definition) is 1. The first kappa shape index (κ1) is 9.05. The third-order valence-corrected chi connectivity index (χ3v) is 2.96. The van der Waals surface area contributed by atoms with Crippen LogP contribution in [0.15, 0.2) is 0 Å². The number of nitrogens with one attached hydrogen (secondary N) is 1. The van der Waals surface area contributed by atoms with E-state index < -0.39 is 0 Å². The van der Waals surface area contributed by atoms with Crippen LogP contribution in [0.2, 0.25) is 0 Å². The van der Waals surface area contributed by atoms with E-state index in [9.17, 15) is 0 Å². The molecule has 0 bridgehead atoms. The van der Waals surface area contributed by atoms with Crippen LogP contribution in [0.5, 0.6) is 0 Å². The minimum atomic E-state index is 0.598. The van der Waals surface area contributed by atoms with Crippen LogP contribution in [0.4, 0.5) is 0 Å². The molecule has 1 heteroatoms. The van der Waals surface area contributed by atoms with Crippen LogP contribution >= 0.6 is 0 Å². The van der Waals surface area contributed by atoms with Crippen molar-refractivity contribution < 1.29 is 0 Å². The van der Waals surface area contributed by atoms with Gasteiger partial charge < -0.3 is 5.32 Å². The zero-order chi connectivity index (χ0) is 8.48. The highest BCUT2D eigenvalue weighted by Crippen LogP contribution is 2.44. The SMILES string of the molecule is CNCC1CC(C)(C)CC1C. The first-order valence-electron chi connectivity index (χ1n) is 4.70. The summed E-state index contributed by atoms with van der Waals surface area (Å²) in [5.74, 6) is 1.83. The summed E-state index contributed by atoms with van der Waals surface area (Å²) in [6, 6.07) is 0. The van der Waals surface area contributed by atoms with Gasteiger partial charge >= 0.3 is 0 Å². The summed E-state index contributed by atoms with van der Waals surface area (Å²) in [7, 11) is 2.05. The summed E-state index contributed by atoms with van der Waals surface area (Å²) in [6.07, 6.45) is 2.80. The molecule has 0 spiro atoms. The van der Waals surface area contributed by atoms with Crippen molar-refractivity contribution in [2.24, 2.45) is 17.3 Å². The highest BCUT2D eigenvalue weighted by atomic mass is 14.8. The number of hydrogen-bond donors (Lipinski definition) is 1. The second kappa shape index (κ2) is 3.14. The molecule has 0 aromatic rings. The fourth-order valence-corrected chi connectivity index (χ4v) is 2.57. The molecule has 2 atom stereocenters. The Morgan fingerprint density at radius 2 is 2.00 bits per heavy atom. The molecule has 0 aromatic carbocycles. The van der Waals surface area contributed by atoms with Gasteiger partial charge in [0.25, 0.3) is 0 Å². The Bertz CT molecular complexity index is 129. The number of rotatable bonds is 2. The molecule has 1 nitrogen and oxygen atoms in total. The van der Waals surface area contributed by atoms with E-state index in [1.54, 1.807) is 0 Å². The maximum absolute atomic E-state index is 3.28. The molecular formula is C10H21N. The van der Waals surface area contributed by atoms with Crippen LogP contribution in [0.3, 0.4) is 0 Å². The van der Waals surface area contributed by atoms with Crippen molar-refractivity contribution in [3.8, 4) is 0 Å². The van der Waals surface area contributed by atoms with Crippen molar-refractivity contribution in [2.75, 3.05) is 13.6 Å². The lowest BCUT2D eigenvalue weighted by atomic mass is 9.90. The normalized spacial score (nSPS) is 36.0. The topological polar surface area (TPSA) is 12.0 Å². The van der Waals surface area contributed by atoms with Crippen LogP contribution in [0.1, 0.15) is 33.6 Å². The van der Waals surface area contributed by atoms with Gasteiger partial charge in [0, 0.05) is 0 Å². The van der Waals surface area contributed by atoms with E-state index in [0.717, 1.165) is 11.8 Å². The molecule has 11 heavy (non-hydrogen) atoms. The third-order valence-electron chi connectivity index (χ3n) is 2.96. The summed E-state index contributed by atoms with van der Waals surface area (Å²) >= 11 is 0. The van der Waals surface area contributed by atoms with E-state index in [1.807, 2.05) is 0 Å². The van der Waals surface area contributed by atoms with Crippen LogP contribution < -0.4 is 5.32 Å². The Labute approximate surface area is 70.6 Å². The molecule has 1 fully saturated rings. The average Bonchev–Trinajstić information content (AvgIpc) is 2.07. The van der Waals surface area contributed by atoms with Crippen LogP contribution in [0.25, 0.3) is 0 Å². The van der Waals surface area contributed by atoms with Crippen molar-refractivity contribution in [1.29, 1.82) is 0 Å². The highest BCUT2D eigenvalue weighted by molar-refractivity contribution is 4.87. The average molecular weight is 155 g/mol. The lowest BCUT2D eigenvalue weighted by molar-refractivity contribution is 0.357. The zero-order valence-corrected chi connectivity index (χ0v) is 8.28. The lowest BCUT2D eigenvalue weighted by Crippen LogP contribution is -2.20. The monoisotopic (exact) mass is 155 g/mol. The molecule has 0 radical (unpaired) electrons. The summed E-state index contributed by atoms with van der Waals surface area (Å²) in [6.45, 7) is 8.36.